The summed E-state index contributed by atoms with van der Waals surface area (Å²) in [5.41, 5.74) is 1.20. The summed E-state index contributed by atoms with van der Waals surface area (Å²) >= 11 is 0. The van der Waals surface area contributed by atoms with Crippen molar-refractivity contribution < 1.29 is 32.2 Å². The molecule has 0 atom stereocenters. The molecular formula is C25H27F3N2O4. The highest BCUT2D eigenvalue weighted by Gasteiger charge is 2.34. The number of carbonyl (C=O) groups excluding carboxylic acids is 2. The van der Waals surface area contributed by atoms with Gasteiger partial charge in [0.1, 0.15) is 19.8 Å². The van der Waals surface area contributed by atoms with Gasteiger partial charge in [0.2, 0.25) is 5.91 Å². The van der Waals surface area contributed by atoms with E-state index in [0.29, 0.717) is 61.8 Å². The van der Waals surface area contributed by atoms with E-state index in [-0.39, 0.29) is 24.8 Å². The number of benzene rings is 2. The number of likely N-dealkylation sites (tertiary alicyclic amines) is 1. The van der Waals surface area contributed by atoms with E-state index in [1.54, 1.807) is 48.5 Å². The second-order valence-corrected chi connectivity index (χ2v) is 8.62. The normalized spacial score (nSPS) is 16.8. The molecule has 0 aromatic heterocycles. The Hall–Kier alpha value is -3.07. The number of carbonyl (C=O) groups is 2. The van der Waals surface area contributed by atoms with Crippen LogP contribution in [-0.4, -0.2) is 67.1 Å². The van der Waals surface area contributed by atoms with Crippen LogP contribution in [0.4, 0.5) is 13.2 Å². The van der Waals surface area contributed by atoms with Crippen LogP contribution >= 0.6 is 0 Å². The summed E-state index contributed by atoms with van der Waals surface area (Å²) < 4.78 is 50.3. The van der Waals surface area contributed by atoms with Crippen LogP contribution in [0, 0.1) is 5.92 Å². The molecule has 0 bridgehead atoms. The Morgan fingerprint density at radius 1 is 0.971 bits per heavy atom. The molecule has 182 valence electrons. The van der Waals surface area contributed by atoms with Crippen LogP contribution in [-0.2, 0) is 11.3 Å². The van der Waals surface area contributed by atoms with Crippen molar-refractivity contribution >= 4 is 11.7 Å². The van der Waals surface area contributed by atoms with Crippen molar-refractivity contribution in [1.29, 1.82) is 0 Å². The highest BCUT2D eigenvalue weighted by atomic mass is 19.4. The van der Waals surface area contributed by atoms with Crippen molar-refractivity contribution in [2.75, 3.05) is 39.4 Å². The largest absolute Gasteiger partial charge is 0.486 e. The topological polar surface area (TPSA) is 59.1 Å². The van der Waals surface area contributed by atoms with Gasteiger partial charge in [0.25, 0.3) is 0 Å². The molecule has 0 aliphatic carbocycles. The lowest BCUT2D eigenvalue weighted by molar-refractivity contribution is -0.163. The molecule has 2 aromatic rings. The average molecular weight is 476 g/mol. The van der Waals surface area contributed by atoms with Crippen LogP contribution in [0.5, 0.6) is 11.5 Å². The number of nitrogens with zero attached hydrogens (tertiary/aromatic N) is 2. The van der Waals surface area contributed by atoms with Gasteiger partial charge in [0, 0.05) is 18.0 Å². The fourth-order valence-electron chi connectivity index (χ4n) is 4.33. The standard InChI is InChI=1S/C25H27F3N2O4/c26-25(27,28)17-30(15-18-4-2-1-3-5-18)23(31)16-29-10-8-19(9-11-29)24(32)20-6-7-21-22(14-20)34-13-12-33-21/h1-7,14,19H,8-13,15-17H2. The van der Waals surface area contributed by atoms with E-state index in [0.717, 1.165) is 4.90 Å². The lowest BCUT2D eigenvalue weighted by Crippen LogP contribution is -2.46. The lowest BCUT2D eigenvalue weighted by atomic mass is 9.88. The number of halogens is 3. The molecule has 1 saturated heterocycles. The highest BCUT2D eigenvalue weighted by Crippen LogP contribution is 2.32. The maximum atomic E-state index is 13.1. The molecule has 2 aliphatic rings. The van der Waals surface area contributed by atoms with Crippen LogP contribution in [0.25, 0.3) is 0 Å². The number of ether oxygens (including phenoxy) is 2. The third kappa shape index (κ3) is 6.28. The van der Waals surface area contributed by atoms with Gasteiger partial charge in [-0.1, -0.05) is 30.3 Å². The Kier molecular flexibility index (Phi) is 7.41. The van der Waals surface area contributed by atoms with Gasteiger partial charge in [-0.15, -0.1) is 0 Å². The first-order valence-corrected chi connectivity index (χ1v) is 11.3. The van der Waals surface area contributed by atoms with E-state index in [1.165, 1.54) is 0 Å². The number of alkyl halides is 3. The van der Waals surface area contributed by atoms with Gasteiger partial charge >= 0.3 is 6.18 Å². The third-order valence-corrected chi connectivity index (χ3v) is 6.08. The molecule has 4 rings (SSSR count). The zero-order valence-corrected chi connectivity index (χ0v) is 18.7. The summed E-state index contributed by atoms with van der Waals surface area (Å²) in [6.07, 6.45) is -3.40. The number of fused-ring (bicyclic) bond motifs is 1. The second-order valence-electron chi connectivity index (χ2n) is 8.62. The minimum atomic E-state index is -4.48. The first-order chi connectivity index (χ1) is 16.3. The van der Waals surface area contributed by atoms with Gasteiger partial charge in [0.15, 0.2) is 17.3 Å². The monoisotopic (exact) mass is 476 g/mol. The van der Waals surface area contributed by atoms with E-state index in [9.17, 15) is 22.8 Å². The number of Topliss-reactive ketones (excluding diaryl/α,β-unsaturated/α-hetero) is 1. The number of hydrogen-bond acceptors (Lipinski definition) is 5. The summed E-state index contributed by atoms with van der Waals surface area (Å²) in [7, 11) is 0. The van der Waals surface area contributed by atoms with Crippen LogP contribution < -0.4 is 9.47 Å². The predicted molar refractivity (Wildman–Crippen MR) is 119 cm³/mol. The SMILES string of the molecule is O=C(c1ccc2c(c1)OCCO2)C1CCN(CC(=O)N(Cc2ccccc2)CC(F)(F)F)CC1. The molecule has 9 heteroatoms. The van der Waals surface area contributed by atoms with Crippen molar-refractivity contribution in [3.8, 4) is 11.5 Å². The molecule has 0 unspecified atom stereocenters. The summed E-state index contributed by atoms with van der Waals surface area (Å²) in [4.78, 5) is 28.4. The second kappa shape index (κ2) is 10.5. The first kappa shape index (κ1) is 24.1. The molecule has 0 spiro atoms. The van der Waals surface area contributed by atoms with Crippen molar-refractivity contribution in [3.05, 3.63) is 59.7 Å². The summed E-state index contributed by atoms with van der Waals surface area (Å²) in [6, 6.07) is 13.8. The first-order valence-electron chi connectivity index (χ1n) is 11.3. The van der Waals surface area contributed by atoms with Crippen LogP contribution in [0.1, 0.15) is 28.8 Å². The predicted octanol–water partition coefficient (Wildman–Crippen LogP) is 3.94. The van der Waals surface area contributed by atoms with E-state index < -0.39 is 18.6 Å². The number of amides is 1. The fraction of sp³-hybridized carbons (Fsp3) is 0.440. The fourth-order valence-corrected chi connectivity index (χ4v) is 4.33. The Labute approximate surface area is 196 Å². The maximum absolute atomic E-state index is 13.1. The zero-order chi connectivity index (χ0) is 24.1. The van der Waals surface area contributed by atoms with Gasteiger partial charge in [-0.3, -0.25) is 14.5 Å². The van der Waals surface area contributed by atoms with Gasteiger partial charge in [-0.2, -0.15) is 13.2 Å². The summed E-state index contributed by atoms with van der Waals surface area (Å²) in [5, 5.41) is 0. The maximum Gasteiger partial charge on any atom is 0.406 e. The van der Waals surface area contributed by atoms with E-state index in [2.05, 4.69) is 0 Å². The van der Waals surface area contributed by atoms with Crippen LogP contribution in [0.15, 0.2) is 48.5 Å². The average Bonchev–Trinajstić information content (AvgIpc) is 2.83. The van der Waals surface area contributed by atoms with Crippen molar-refractivity contribution in [3.63, 3.8) is 0 Å². The molecule has 1 fully saturated rings. The number of ketones is 1. The quantitative estimate of drug-likeness (QED) is 0.567. The Balaban J connectivity index is 1.33. The zero-order valence-electron chi connectivity index (χ0n) is 18.7. The number of hydrogen-bond donors (Lipinski definition) is 0. The molecular weight excluding hydrogens is 449 g/mol. The highest BCUT2D eigenvalue weighted by molar-refractivity contribution is 5.98. The number of piperidine rings is 1. The van der Waals surface area contributed by atoms with Gasteiger partial charge in [0.05, 0.1) is 6.54 Å². The molecule has 0 N–H and O–H groups in total. The smallest absolute Gasteiger partial charge is 0.406 e. The molecule has 2 heterocycles. The molecule has 0 saturated carbocycles. The summed E-state index contributed by atoms with van der Waals surface area (Å²) in [6.45, 7) is 0.359. The Morgan fingerprint density at radius 3 is 2.32 bits per heavy atom. The van der Waals surface area contributed by atoms with Crippen molar-refractivity contribution in [1.82, 2.24) is 9.80 Å². The van der Waals surface area contributed by atoms with Gasteiger partial charge in [-0.25, -0.2) is 0 Å². The molecule has 34 heavy (non-hydrogen) atoms. The molecule has 0 radical (unpaired) electrons. The molecule has 6 nitrogen and oxygen atoms in total. The van der Waals surface area contributed by atoms with Gasteiger partial charge < -0.3 is 14.4 Å². The van der Waals surface area contributed by atoms with Crippen LogP contribution in [0.2, 0.25) is 0 Å². The van der Waals surface area contributed by atoms with E-state index in [1.807, 2.05) is 4.90 Å². The van der Waals surface area contributed by atoms with Gasteiger partial charge in [-0.05, 0) is 49.7 Å². The van der Waals surface area contributed by atoms with Crippen LogP contribution in [0.3, 0.4) is 0 Å². The van der Waals surface area contributed by atoms with Crippen molar-refractivity contribution in [2.45, 2.75) is 25.6 Å². The Morgan fingerprint density at radius 2 is 1.65 bits per heavy atom. The minimum Gasteiger partial charge on any atom is -0.486 e. The number of rotatable bonds is 7. The lowest BCUT2D eigenvalue weighted by Gasteiger charge is -2.33. The van der Waals surface area contributed by atoms with E-state index in [4.69, 9.17) is 9.47 Å². The Bertz CT molecular complexity index is 1000. The third-order valence-electron chi connectivity index (χ3n) is 6.08. The van der Waals surface area contributed by atoms with Crippen molar-refractivity contribution in [2.24, 2.45) is 5.92 Å². The van der Waals surface area contributed by atoms with E-state index >= 15 is 0 Å². The minimum absolute atomic E-state index is 0.00530. The summed E-state index contributed by atoms with van der Waals surface area (Å²) in [5.74, 6) is 0.409. The molecule has 1 amide bonds. The molecule has 2 aliphatic heterocycles. The molecule has 2 aromatic carbocycles.